The van der Waals surface area contributed by atoms with Crippen LogP contribution >= 0.6 is 11.3 Å². The van der Waals surface area contributed by atoms with Crippen LogP contribution in [0.4, 0.5) is 10.8 Å². The van der Waals surface area contributed by atoms with E-state index >= 15 is 0 Å². The molecule has 0 aliphatic carbocycles. The summed E-state index contributed by atoms with van der Waals surface area (Å²) in [6.07, 6.45) is 0. The van der Waals surface area contributed by atoms with E-state index in [2.05, 4.69) is 10.3 Å². The Morgan fingerprint density at radius 3 is 2.65 bits per heavy atom. The summed E-state index contributed by atoms with van der Waals surface area (Å²) in [6, 6.07) is 16.8. The lowest BCUT2D eigenvalue weighted by Gasteiger charge is -2.05. The zero-order valence-electron chi connectivity index (χ0n) is 12.2. The SMILES string of the molecule is NC(=O)c1cc(-c2ccccc2)sc1Nc1cccc(CO)n1. The van der Waals surface area contributed by atoms with Crippen LogP contribution < -0.4 is 11.1 Å². The third kappa shape index (κ3) is 3.39. The first-order valence-corrected chi connectivity index (χ1v) is 7.82. The van der Waals surface area contributed by atoms with Gasteiger partial charge in [-0.05, 0) is 23.8 Å². The molecule has 4 N–H and O–H groups in total. The van der Waals surface area contributed by atoms with E-state index in [1.54, 1.807) is 24.3 Å². The van der Waals surface area contributed by atoms with Crippen molar-refractivity contribution in [2.75, 3.05) is 5.32 Å². The van der Waals surface area contributed by atoms with Crippen LogP contribution in [0.2, 0.25) is 0 Å². The molecule has 0 saturated heterocycles. The molecule has 0 radical (unpaired) electrons. The van der Waals surface area contributed by atoms with E-state index in [0.717, 1.165) is 10.4 Å². The Balaban J connectivity index is 1.97. The minimum atomic E-state index is -0.496. The Bertz CT molecular complexity index is 831. The maximum absolute atomic E-state index is 11.7. The standard InChI is InChI=1S/C17H15N3O2S/c18-16(22)13-9-14(11-5-2-1-3-6-11)23-17(13)20-15-8-4-7-12(10-21)19-15/h1-9,21H,10H2,(H2,18,22)(H,19,20). The first kappa shape index (κ1) is 15.2. The van der Waals surface area contributed by atoms with Crippen molar-refractivity contribution >= 4 is 28.1 Å². The highest BCUT2D eigenvalue weighted by Gasteiger charge is 2.15. The molecular weight excluding hydrogens is 310 g/mol. The number of aromatic nitrogens is 1. The van der Waals surface area contributed by atoms with E-state index in [9.17, 15) is 4.79 Å². The van der Waals surface area contributed by atoms with E-state index in [1.165, 1.54) is 11.3 Å². The number of pyridine rings is 1. The predicted octanol–water partition coefficient (Wildman–Crippen LogP) is 3.14. The summed E-state index contributed by atoms with van der Waals surface area (Å²) in [5, 5.41) is 12.9. The number of nitrogens with two attached hydrogens (primary N) is 1. The lowest BCUT2D eigenvalue weighted by atomic mass is 10.1. The molecular formula is C17H15N3O2S. The molecule has 0 aliphatic heterocycles. The number of carbonyl (C=O) groups excluding carboxylic acids is 1. The number of rotatable bonds is 5. The van der Waals surface area contributed by atoms with Crippen molar-refractivity contribution < 1.29 is 9.90 Å². The average molecular weight is 325 g/mol. The molecule has 6 heteroatoms. The fourth-order valence-corrected chi connectivity index (χ4v) is 3.24. The van der Waals surface area contributed by atoms with Crippen molar-refractivity contribution in [3.05, 3.63) is 65.9 Å². The van der Waals surface area contributed by atoms with E-state index in [1.807, 2.05) is 30.3 Å². The molecule has 1 amide bonds. The lowest BCUT2D eigenvalue weighted by Crippen LogP contribution is -2.11. The Labute approximate surface area is 137 Å². The van der Waals surface area contributed by atoms with Gasteiger partial charge >= 0.3 is 0 Å². The Morgan fingerprint density at radius 1 is 1.17 bits per heavy atom. The molecule has 0 fully saturated rings. The van der Waals surface area contributed by atoms with Gasteiger partial charge in [-0.3, -0.25) is 4.79 Å². The molecule has 0 spiro atoms. The highest BCUT2D eigenvalue weighted by molar-refractivity contribution is 7.19. The highest BCUT2D eigenvalue weighted by atomic mass is 32.1. The zero-order chi connectivity index (χ0) is 16.2. The third-order valence-corrected chi connectivity index (χ3v) is 4.37. The molecule has 116 valence electrons. The number of hydrogen-bond donors (Lipinski definition) is 3. The van der Waals surface area contributed by atoms with Gasteiger partial charge in [0, 0.05) is 4.88 Å². The summed E-state index contributed by atoms with van der Waals surface area (Å²) < 4.78 is 0. The van der Waals surface area contributed by atoms with Crippen LogP contribution in [0.15, 0.2) is 54.6 Å². The normalized spacial score (nSPS) is 10.5. The number of nitrogens with one attached hydrogen (secondary N) is 1. The monoisotopic (exact) mass is 325 g/mol. The van der Waals surface area contributed by atoms with Crippen molar-refractivity contribution in [3.8, 4) is 10.4 Å². The van der Waals surface area contributed by atoms with Gasteiger partial charge in [-0.1, -0.05) is 36.4 Å². The Hall–Kier alpha value is -2.70. The van der Waals surface area contributed by atoms with Gasteiger partial charge in [-0.15, -0.1) is 11.3 Å². The van der Waals surface area contributed by atoms with Crippen molar-refractivity contribution in [1.29, 1.82) is 0 Å². The molecule has 3 rings (SSSR count). The van der Waals surface area contributed by atoms with Gasteiger partial charge in [-0.25, -0.2) is 4.98 Å². The van der Waals surface area contributed by atoms with Gasteiger partial charge in [0.05, 0.1) is 17.9 Å². The van der Waals surface area contributed by atoms with Crippen LogP contribution in [-0.4, -0.2) is 16.0 Å². The van der Waals surface area contributed by atoms with Crippen LogP contribution in [0.1, 0.15) is 16.1 Å². The molecule has 0 unspecified atom stereocenters. The second kappa shape index (κ2) is 6.60. The maximum atomic E-state index is 11.7. The van der Waals surface area contributed by atoms with Gasteiger partial charge < -0.3 is 16.2 Å². The summed E-state index contributed by atoms with van der Waals surface area (Å²) >= 11 is 1.43. The number of benzene rings is 1. The minimum absolute atomic E-state index is 0.141. The summed E-state index contributed by atoms with van der Waals surface area (Å²) in [5.41, 5.74) is 7.47. The maximum Gasteiger partial charge on any atom is 0.251 e. The number of primary amides is 1. The van der Waals surface area contributed by atoms with Gasteiger partial charge in [0.1, 0.15) is 10.8 Å². The largest absolute Gasteiger partial charge is 0.390 e. The van der Waals surface area contributed by atoms with Gasteiger partial charge in [0.25, 0.3) is 5.91 Å². The second-order valence-corrected chi connectivity index (χ2v) is 5.93. The topological polar surface area (TPSA) is 88.2 Å². The van der Waals surface area contributed by atoms with Gasteiger partial charge in [0.2, 0.25) is 0 Å². The summed E-state index contributed by atoms with van der Waals surface area (Å²) in [5.74, 6) is 0.0600. The number of hydrogen-bond acceptors (Lipinski definition) is 5. The molecule has 3 aromatic rings. The van der Waals surface area contributed by atoms with Crippen LogP contribution in [0.25, 0.3) is 10.4 Å². The molecule has 0 atom stereocenters. The number of amides is 1. The van der Waals surface area contributed by atoms with Crippen molar-refractivity contribution in [2.45, 2.75) is 6.61 Å². The zero-order valence-corrected chi connectivity index (χ0v) is 13.0. The summed E-state index contributed by atoms with van der Waals surface area (Å²) in [4.78, 5) is 16.9. The number of carbonyl (C=O) groups is 1. The molecule has 1 aromatic carbocycles. The Kier molecular flexibility index (Phi) is 4.36. The molecule has 0 aliphatic rings. The van der Waals surface area contributed by atoms with Gasteiger partial charge in [-0.2, -0.15) is 0 Å². The lowest BCUT2D eigenvalue weighted by molar-refractivity contribution is 0.100. The summed E-state index contributed by atoms with van der Waals surface area (Å²) in [7, 11) is 0. The number of aliphatic hydroxyl groups is 1. The van der Waals surface area contributed by atoms with Crippen LogP contribution in [-0.2, 0) is 6.61 Å². The highest BCUT2D eigenvalue weighted by Crippen LogP contribution is 2.36. The van der Waals surface area contributed by atoms with Crippen LogP contribution in [0, 0.1) is 0 Å². The molecule has 0 saturated carbocycles. The fraction of sp³-hybridized carbons (Fsp3) is 0.0588. The van der Waals surface area contributed by atoms with Crippen molar-refractivity contribution in [3.63, 3.8) is 0 Å². The molecule has 2 aromatic heterocycles. The fourth-order valence-electron chi connectivity index (χ4n) is 2.17. The van der Waals surface area contributed by atoms with E-state index in [4.69, 9.17) is 10.8 Å². The Morgan fingerprint density at radius 2 is 1.96 bits per heavy atom. The third-order valence-electron chi connectivity index (χ3n) is 3.27. The predicted molar refractivity (Wildman–Crippen MR) is 91.7 cm³/mol. The number of nitrogens with zero attached hydrogens (tertiary/aromatic N) is 1. The minimum Gasteiger partial charge on any atom is -0.390 e. The van der Waals surface area contributed by atoms with Gasteiger partial charge in [0.15, 0.2) is 0 Å². The van der Waals surface area contributed by atoms with E-state index < -0.39 is 5.91 Å². The van der Waals surface area contributed by atoms with Crippen LogP contribution in [0.5, 0.6) is 0 Å². The molecule has 0 bridgehead atoms. The first-order valence-electron chi connectivity index (χ1n) is 7.00. The number of aliphatic hydroxyl groups excluding tert-OH is 1. The smallest absolute Gasteiger partial charge is 0.251 e. The molecule has 23 heavy (non-hydrogen) atoms. The van der Waals surface area contributed by atoms with E-state index in [-0.39, 0.29) is 6.61 Å². The van der Waals surface area contributed by atoms with Crippen LogP contribution in [0.3, 0.4) is 0 Å². The van der Waals surface area contributed by atoms with Crippen molar-refractivity contribution in [1.82, 2.24) is 4.98 Å². The molecule has 2 heterocycles. The quantitative estimate of drug-likeness (QED) is 0.672. The molecule has 5 nitrogen and oxygen atoms in total. The number of thiophene rings is 1. The summed E-state index contributed by atoms with van der Waals surface area (Å²) in [6.45, 7) is -0.141. The number of anilines is 2. The van der Waals surface area contributed by atoms with E-state index in [0.29, 0.717) is 22.1 Å². The second-order valence-electron chi connectivity index (χ2n) is 4.88. The average Bonchev–Trinajstić information content (AvgIpc) is 3.00. The van der Waals surface area contributed by atoms with Crippen molar-refractivity contribution in [2.24, 2.45) is 5.73 Å². The first-order chi connectivity index (χ1) is 11.2.